The molecule has 1 aromatic heterocycles. The number of carbonyl (C=O) groups excluding carboxylic acids is 2. The Morgan fingerprint density at radius 1 is 1.56 bits per heavy atom. The summed E-state index contributed by atoms with van der Waals surface area (Å²) in [5, 5.41) is 2.96. The SMILES string of the molecule is CCSc1ncc(Cl)c(C(=O)NCC(=O)OC)n1. The van der Waals surface area contributed by atoms with E-state index >= 15 is 0 Å². The van der Waals surface area contributed by atoms with Crippen molar-refractivity contribution in [3.8, 4) is 0 Å². The molecule has 0 aromatic carbocycles. The third-order valence-electron chi connectivity index (χ3n) is 1.83. The first kappa shape index (κ1) is 14.7. The van der Waals surface area contributed by atoms with E-state index in [4.69, 9.17) is 11.6 Å². The molecule has 0 spiro atoms. The number of esters is 1. The van der Waals surface area contributed by atoms with Crippen molar-refractivity contribution in [3.05, 3.63) is 16.9 Å². The van der Waals surface area contributed by atoms with Gasteiger partial charge in [0.25, 0.3) is 5.91 Å². The van der Waals surface area contributed by atoms with Gasteiger partial charge in [-0.1, -0.05) is 30.3 Å². The molecule has 1 aromatic rings. The second-order valence-electron chi connectivity index (χ2n) is 3.04. The predicted molar refractivity (Wildman–Crippen MR) is 67.8 cm³/mol. The van der Waals surface area contributed by atoms with E-state index in [-0.39, 0.29) is 17.3 Å². The van der Waals surface area contributed by atoms with Crippen molar-refractivity contribution in [2.75, 3.05) is 19.4 Å². The molecule has 8 heteroatoms. The molecule has 0 atom stereocenters. The second kappa shape index (κ2) is 7.17. The van der Waals surface area contributed by atoms with E-state index in [2.05, 4.69) is 20.0 Å². The van der Waals surface area contributed by atoms with Gasteiger partial charge in [0.15, 0.2) is 10.9 Å². The minimum Gasteiger partial charge on any atom is -0.468 e. The zero-order chi connectivity index (χ0) is 13.5. The highest BCUT2D eigenvalue weighted by molar-refractivity contribution is 7.99. The van der Waals surface area contributed by atoms with Crippen molar-refractivity contribution < 1.29 is 14.3 Å². The lowest BCUT2D eigenvalue weighted by atomic mass is 10.4. The van der Waals surface area contributed by atoms with Gasteiger partial charge in [-0.25, -0.2) is 9.97 Å². The van der Waals surface area contributed by atoms with Gasteiger partial charge >= 0.3 is 5.97 Å². The topological polar surface area (TPSA) is 81.2 Å². The van der Waals surface area contributed by atoms with Crippen LogP contribution in [0.25, 0.3) is 0 Å². The summed E-state index contributed by atoms with van der Waals surface area (Å²) in [5.41, 5.74) is 0.0477. The number of nitrogens with one attached hydrogen (secondary N) is 1. The van der Waals surface area contributed by atoms with E-state index in [0.29, 0.717) is 5.16 Å². The third-order valence-corrected chi connectivity index (χ3v) is 2.85. The molecule has 98 valence electrons. The minimum atomic E-state index is -0.545. The number of ether oxygens (including phenoxy) is 1. The van der Waals surface area contributed by atoms with Crippen LogP contribution in [-0.2, 0) is 9.53 Å². The van der Waals surface area contributed by atoms with Crippen LogP contribution >= 0.6 is 23.4 Å². The maximum Gasteiger partial charge on any atom is 0.325 e. The van der Waals surface area contributed by atoms with Crippen LogP contribution in [0, 0.1) is 0 Å². The van der Waals surface area contributed by atoms with Crippen molar-refractivity contribution >= 4 is 35.2 Å². The molecular formula is C10H12ClN3O3S. The molecule has 0 aliphatic carbocycles. The van der Waals surface area contributed by atoms with Crippen LogP contribution in [0.4, 0.5) is 0 Å². The summed E-state index contributed by atoms with van der Waals surface area (Å²) in [5.74, 6) is -0.298. The summed E-state index contributed by atoms with van der Waals surface area (Å²) in [6, 6.07) is 0. The van der Waals surface area contributed by atoms with E-state index in [1.807, 2.05) is 6.92 Å². The lowest BCUT2D eigenvalue weighted by Gasteiger charge is -2.06. The molecule has 0 radical (unpaired) electrons. The number of hydrogen-bond donors (Lipinski definition) is 1. The molecule has 1 heterocycles. The molecule has 0 saturated heterocycles. The van der Waals surface area contributed by atoms with Gasteiger partial charge in [0.1, 0.15) is 6.54 Å². The smallest absolute Gasteiger partial charge is 0.325 e. The standard InChI is InChI=1S/C10H12ClN3O3S/c1-3-18-10-13-4-6(11)8(14-10)9(16)12-5-7(15)17-2/h4H,3,5H2,1-2H3,(H,12,16). The van der Waals surface area contributed by atoms with E-state index in [0.717, 1.165) is 5.75 Å². The number of hydrogen-bond acceptors (Lipinski definition) is 6. The molecule has 1 N–H and O–H groups in total. The summed E-state index contributed by atoms with van der Waals surface area (Å²) >= 11 is 7.22. The van der Waals surface area contributed by atoms with E-state index in [1.165, 1.54) is 25.1 Å². The van der Waals surface area contributed by atoms with Crippen LogP contribution in [0.2, 0.25) is 5.02 Å². The van der Waals surface area contributed by atoms with E-state index in [1.54, 1.807) is 0 Å². The molecular weight excluding hydrogens is 278 g/mol. The first-order valence-electron chi connectivity index (χ1n) is 5.08. The number of thioether (sulfide) groups is 1. The summed E-state index contributed by atoms with van der Waals surface area (Å²) in [6.45, 7) is 1.71. The largest absolute Gasteiger partial charge is 0.468 e. The van der Waals surface area contributed by atoms with Crippen molar-refractivity contribution in [1.29, 1.82) is 0 Å². The van der Waals surface area contributed by atoms with Gasteiger partial charge in [0.2, 0.25) is 0 Å². The van der Waals surface area contributed by atoms with Crippen molar-refractivity contribution in [1.82, 2.24) is 15.3 Å². The molecule has 1 rings (SSSR count). The zero-order valence-corrected chi connectivity index (χ0v) is 11.5. The van der Waals surface area contributed by atoms with E-state index in [9.17, 15) is 9.59 Å². The Morgan fingerprint density at radius 2 is 2.28 bits per heavy atom. The predicted octanol–water partition coefficient (Wildman–Crippen LogP) is 1.14. The van der Waals surface area contributed by atoms with Crippen molar-refractivity contribution in [2.24, 2.45) is 0 Å². The third kappa shape index (κ3) is 4.15. The summed E-state index contributed by atoms with van der Waals surface area (Å²) in [4.78, 5) is 30.6. The molecule has 18 heavy (non-hydrogen) atoms. The number of methoxy groups -OCH3 is 1. The van der Waals surface area contributed by atoms with Gasteiger partial charge in [-0.05, 0) is 5.75 Å². The lowest BCUT2D eigenvalue weighted by molar-refractivity contribution is -0.139. The maximum absolute atomic E-state index is 11.7. The Bertz CT molecular complexity index is 456. The van der Waals surface area contributed by atoms with Crippen LogP contribution in [0.5, 0.6) is 0 Å². The van der Waals surface area contributed by atoms with Gasteiger partial charge in [-0.15, -0.1) is 0 Å². The highest BCUT2D eigenvalue weighted by atomic mass is 35.5. The number of halogens is 1. The van der Waals surface area contributed by atoms with Crippen LogP contribution in [0.3, 0.4) is 0 Å². The minimum absolute atomic E-state index is 0.0477. The second-order valence-corrected chi connectivity index (χ2v) is 4.68. The molecule has 0 fully saturated rings. The van der Waals surface area contributed by atoms with Gasteiger partial charge in [0, 0.05) is 0 Å². The molecule has 0 aliphatic rings. The highest BCUT2D eigenvalue weighted by Crippen LogP contribution is 2.17. The fourth-order valence-corrected chi connectivity index (χ4v) is 1.74. The Hall–Kier alpha value is -1.34. The van der Waals surface area contributed by atoms with Gasteiger partial charge in [0.05, 0.1) is 18.3 Å². The van der Waals surface area contributed by atoms with Crippen LogP contribution in [-0.4, -0.2) is 41.3 Å². The van der Waals surface area contributed by atoms with Crippen molar-refractivity contribution in [3.63, 3.8) is 0 Å². The van der Waals surface area contributed by atoms with Crippen LogP contribution in [0.1, 0.15) is 17.4 Å². The summed E-state index contributed by atoms with van der Waals surface area (Å²) in [6.07, 6.45) is 1.36. The molecule has 1 amide bonds. The summed E-state index contributed by atoms with van der Waals surface area (Å²) < 4.78 is 4.41. The quantitative estimate of drug-likeness (QED) is 0.497. The number of nitrogens with zero attached hydrogens (tertiary/aromatic N) is 2. The van der Waals surface area contributed by atoms with Gasteiger partial charge in [-0.2, -0.15) is 0 Å². The molecule has 0 aliphatic heterocycles. The molecule has 6 nitrogen and oxygen atoms in total. The Labute approximate surface area is 113 Å². The Balaban J connectivity index is 2.77. The first-order chi connectivity index (χ1) is 8.58. The number of rotatable bonds is 5. The molecule has 0 unspecified atom stereocenters. The Morgan fingerprint density at radius 3 is 2.89 bits per heavy atom. The maximum atomic E-state index is 11.7. The zero-order valence-electron chi connectivity index (χ0n) is 9.90. The fourth-order valence-electron chi connectivity index (χ4n) is 1.02. The number of amides is 1. The van der Waals surface area contributed by atoms with Gasteiger partial charge in [-0.3, -0.25) is 9.59 Å². The average molecular weight is 290 g/mol. The monoisotopic (exact) mass is 289 g/mol. The fraction of sp³-hybridized carbons (Fsp3) is 0.400. The van der Waals surface area contributed by atoms with Gasteiger partial charge < -0.3 is 10.1 Å². The highest BCUT2D eigenvalue weighted by Gasteiger charge is 2.15. The molecule has 0 saturated carbocycles. The van der Waals surface area contributed by atoms with Crippen LogP contribution < -0.4 is 5.32 Å². The van der Waals surface area contributed by atoms with E-state index < -0.39 is 11.9 Å². The number of carbonyl (C=O) groups is 2. The molecule has 0 bridgehead atoms. The Kier molecular flexibility index (Phi) is 5.87. The normalized spacial score (nSPS) is 9.94. The summed E-state index contributed by atoms with van der Waals surface area (Å²) in [7, 11) is 1.24. The van der Waals surface area contributed by atoms with Crippen LogP contribution in [0.15, 0.2) is 11.4 Å². The lowest BCUT2D eigenvalue weighted by Crippen LogP contribution is -2.31. The average Bonchev–Trinajstić information content (AvgIpc) is 2.38. The first-order valence-corrected chi connectivity index (χ1v) is 6.45. The number of aromatic nitrogens is 2. The van der Waals surface area contributed by atoms with Crippen molar-refractivity contribution in [2.45, 2.75) is 12.1 Å².